The molecule has 1 aliphatic rings. The first-order chi connectivity index (χ1) is 8.66. The standard InChI is InChI=1S/C13H17ClN2O2/c14-10-5-3-6-11(15)13(10)16-12(17)8-9-4-1-2-7-18-9/h3,5-6,9H,1-2,4,7-8,15H2,(H,16,17). The molecule has 1 atom stereocenters. The van der Waals surface area contributed by atoms with E-state index >= 15 is 0 Å². The van der Waals surface area contributed by atoms with Gasteiger partial charge in [0.2, 0.25) is 5.91 Å². The van der Waals surface area contributed by atoms with Crippen LogP contribution in [0.2, 0.25) is 5.02 Å². The fourth-order valence-corrected chi connectivity index (χ4v) is 2.27. The van der Waals surface area contributed by atoms with E-state index in [2.05, 4.69) is 5.32 Å². The van der Waals surface area contributed by atoms with Gasteiger partial charge in [0.15, 0.2) is 0 Å². The number of nitrogen functional groups attached to an aromatic ring is 1. The molecular weight excluding hydrogens is 252 g/mol. The van der Waals surface area contributed by atoms with E-state index in [9.17, 15) is 4.79 Å². The molecule has 5 heteroatoms. The normalized spacial score (nSPS) is 19.5. The third kappa shape index (κ3) is 3.37. The molecule has 0 bridgehead atoms. The molecule has 1 saturated heterocycles. The Balaban J connectivity index is 1.94. The maximum atomic E-state index is 11.9. The van der Waals surface area contributed by atoms with Crippen LogP contribution in [0.5, 0.6) is 0 Å². The SMILES string of the molecule is Nc1cccc(Cl)c1NC(=O)CC1CCCCO1. The van der Waals surface area contributed by atoms with Crippen LogP contribution in [0.4, 0.5) is 11.4 Å². The van der Waals surface area contributed by atoms with Gasteiger partial charge in [-0.1, -0.05) is 17.7 Å². The van der Waals surface area contributed by atoms with Crippen LogP contribution in [-0.4, -0.2) is 18.6 Å². The Morgan fingerprint density at radius 3 is 3.00 bits per heavy atom. The number of benzene rings is 1. The zero-order valence-corrected chi connectivity index (χ0v) is 10.9. The summed E-state index contributed by atoms with van der Waals surface area (Å²) in [5.74, 6) is -0.110. The molecule has 1 aromatic rings. The lowest BCUT2D eigenvalue weighted by atomic mass is 10.1. The van der Waals surface area contributed by atoms with Gasteiger partial charge in [-0.25, -0.2) is 0 Å². The van der Waals surface area contributed by atoms with E-state index in [4.69, 9.17) is 22.1 Å². The zero-order valence-electron chi connectivity index (χ0n) is 10.1. The summed E-state index contributed by atoms with van der Waals surface area (Å²) in [5.41, 5.74) is 6.73. The second kappa shape index (κ2) is 6.07. The van der Waals surface area contributed by atoms with Gasteiger partial charge in [0.1, 0.15) is 0 Å². The number of hydrogen-bond donors (Lipinski definition) is 2. The Labute approximate surface area is 111 Å². The molecule has 0 radical (unpaired) electrons. The van der Waals surface area contributed by atoms with Crippen LogP contribution >= 0.6 is 11.6 Å². The summed E-state index contributed by atoms with van der Waals surface area (Å²) in [6.07, 6.45) is 3.50. The molecule has 0 saturated carbocycles. The summed E-state index contributed by atoms with van der Waals surface area (Å²) in [5, 5.41) is 3.20. The molecule has 4 nitrogen and oxygen atoms in total. The summed E-state index contributed by atoms with van der Waals surface area (Å²) in [7, 11) is 0. The van der Waals surface area contributed by atoms with Crippen LogP contribution < -0.4 is 11.1 Å². The van der Waals surface area contributed by atoms with Crippen molar-refractivity contribution in [2.24, 2.45) is 0 Å². The number of anilines is 2. The van der Waals surface area contributed by atoms with Gasteiger partial charge < -0.3 is 15.8 Å². The van der Waals surface area contributed by atoms with Crippen LogP contribution in [-0.2, 0) is 9.53 Å². The molecule has 3 N–H and O–H groups in total. The number of carbonyl (C=O) groups is 1. The topological polar surface area (TPSA) is 64.3 Å². The van der Waals surface area contributed by atoms with Crippen molar-refractivity contribution < 1.29 is 9.53 Å². The molecule has 2 rings (SSSR count). The van der Waals surface area contributed by atoms with Gasteiger partial charge in [-0.05, 0) is 31.4 Å². The van der Waals surface area contributed by atoms with Crippen LogP contribution in [0.1, 0.15) is 25.7 Å². The zero-order chi connectivity index (χ0) is 13.0. The highest BCUT2D eigenvalue weighted by Gasteiger charge is 2.18. The summed E-state index contributed by atoms with van der Waals surface area (Å²) in [6, 6.07) is 5.15. The number of hydrogen-bond acceptors (Lipinski definition) is 3. The smallest absolute Gasteiger partial charge is 0.227 e. The van der Waals surface area contributed by atoms with Crippen molar-refractivity contribution in [2.45, 2.75) is 31.8 Å². The molecule has 0 spiro atoms. The Hall–Kier alpha value is -1.26. The summed E-state index contributed by atoms with van der Waals surface area (Å²) in [4.78, 5) is 11.9. The summed E-state index contributed by atoms with van der Waals surface area (Å²) >= 11 is 5.99. The fraction of sp³-hybridized carbons (Fsp3) is 0.462. The quantitative estimate of drug-likeness (QED) is 0.829. The molecule has 18 heavy (non-hydrogen) atoms. The van der Waals surface area contributed by atoms with Crippen molar-refractivity contribution in [3.63, 3.8) is 0 Å². The highest BCUT2D eigenvalue weighted by molar-refractivity contribution is 6.34. The van der Waals surface area contributed by atoms with Crippen molar-refractivity contribution in [1.29, 1.82) is 0 Å². The van der Waals surface area contributed by atoms with Gasteiger partial charge in [-0.3, -0.25) is 4.79 Å². The van der Waals surface area contributed by atoms with E-state index in [-0.39, 0.29) is 12.0 Å². The molecule has 1 amide bonds. The van der Waals surface area contributed by atoms with Crippen molar-refractivity contribution in [3.05, 3.63) is 23.2 Å². The van der Waals surface area contributed by atoms with Crippen molar-refractivity contribution in [2.75, 3.05) is 17.7 Å². The van der Waals surface area contributed by atoms with Gasteiger partial charge in [-0.2, -0.15) is 0 Å². The first kappa shape index (κ1) is 13.2. The van der Waals surface area contributed by atoms with Crippen LogP contribution in [0.25, 0.3) is 0 Å². The van der Waals surface area contributed by atoms with Gasteiger partial charge in [0.05, 0.1) is 28.9 Å². The molecule has 0 aromatic heterocycles. The lowest BCUT2D eigenvalue weighted by Gasteiger charge is -2.22. The first-order valence-electron chi connectivity index (χ1n) is 6.12. The highest BCUT2D eigenvalue weighted by Crippen LogP contribution is 2.28. The Kier molecular flexibility index (Phi) is 4.44. The third-order valence-electron chi connectivity index (χ3n) is 3.00. The predicted molar refractivity (Wildman–Crippen MR) is 72.7 cm³/mol. The van der Waals surface area contributed by atoms with E-state index < -0.39 is 0 Å². The average molecular weight is 269 g/mol. The lowest BCUT2D eigenvalue weighted by Crippen LogP contribution is -2.25. The summed E-state index contributed by atoms with van der Waals surface area (Å²) < 4.78 is 5.52. The number of halogens is 1. The molecule has 1 aliphatic heterocycles. The van der Waals surface area contributed by atoms with Crippen LogP contribution in [0.15, 0.2) is 18.2 Å². The molecular formula is C13H17ClN2O2. The van der Waals surface area contributed by atoms with Crippen LogP contribution in [0.3, 0.4) is 0 Å². The molecule has 1 unspecified atom stereocenters. The summed E-state index contributed by atoms with van der Waals surface area (Å²) in [6.45, 7) is 0.742. The number of nitrogens with one attached hydrogen (secondary N) is 1. The number of carbonyl (C=O) groups excluding carboxylic acids is 1. The third-order valence-corrected chi connectivity index (χ3v) is 3.31. The van der Waals surface area contributed by atoms with Gasteiger partial charge in [-0.15, -0.1) is 0 Å². The number of rotatable bonds is 3. The molecule has 0 aliphatic carbocycles. The molecule has 98 valence electrons. The van der Waals surface area contributed by atoms with E-state index in [1.54, 1.807) is 18.2 Å². The first-order valence-corrected chi connectivity index (χ1v) is 6.50. The maximum Gasteiger partial charge on any atom is 0.227 e. The lowest BCUT2D eigenvalue weighted by molar-refractivity contribution is -0.119. The minimum absolute atomic E-state index is 0.0162. The molecule has 1 fully saturated rings. The van der Waals surface area contributed by atoms with Gasteiger partial charge >= 0.3 is 0 Å². The number of nitrogens with two attached hydrogens (primary N) is 1. The van der Waals surface area contributed by atoms with Crippen molar-refractivity contribution in [1.82, 2.24) is 0 Å². The largest absolute Gasteiger partial charge is 0.397 e. The Morgan fingerprint density at radius 2 is 2.33 bits per heavy atom. The Morgan fingerprint density at radius 1 is 1.50 bits per heavy atom. The Bertz CT molecular complexity index is 411. The molecule has 1 heterocycles. The van der Waals surface area contributed by atoms with E-state index in [1.807, 2.05) is 0 Å². The fourth-order valence-electron chi connectivity index (χ4n) is 2.04. The minimum atomic E-state index is -0.110. The average Bonchev–Trinajstić information content (AvgIpc) is 2.35. The number of ether oxygens (including phenoxy) is 1. The highest BCUT2D eigenvalue weighted by atomic mass is 35.5. The van der Waals surface area contributed by atoms with Crippen molar-refractivity contribution >= 4 is 28.9 Å². The second-order valence-corrected chi connectivity index (χ2v) is 4.85. The monoisotopic (exact) mass is 268 g/mol. The van der Waals surface area contributed by atoms with Crippen LogP contribution in [0, 0.1) is 0 Å². The number of para-hydroxylation sites is 1. The van der Waals surface area contributed by atoms with E-state index in [0.717, 1.165) is 25.9 Å². The van der Waals surface area contributed by atoms with Gasteiger partial charge in [0, 0.05) is 6.61 Å². The second-order valence-electron chi connectivity index (χ2n) is 4.44. The van der Waals surface area contributed by atoms with Gasteiger partial charge in [0.25, 0.3) is 0 Å². The van der Waals surface area contributed by atoms with E-state index in [0.29, 0.717) is 22.8 Å². The molecule has 1 aromatic carbocycles. The predicted octanol–water partition coefficient (Wildman–Crippen LogP) is 2.82. The van der Waals surface area contributed by atoms with E-state index in [1.165, 1.54) is 0 Å². The van der Waals surface area contributed by atoms with Crippen molar-refractivity contribution in [3.8, 4) is 0 Å². The number of amides is 1. The minimum Gasteiger partial charge on any atom is -0.397 e. The maximum absolute atomic E-state index is 11.9.